The maximum atomic E-state index is 13.3. The molecule has 0 radical (unpaired) electrons. The van der Waals surface area contributed by atoms with E-state index in [0.29, 0.717) is 40.5 Å². The van der Waals surface area contributed by atoms with Crippen molar-refractivity contribution in [2.75, 3.05) is 0 Å². The average Bonchev–Trinajstić information content (AvgIpc) is 3.36. The van der Waals surface area contributed by atoms with Crippen LogP contribution in [0.3, 0.4) is 0 Å². The van der Waals surface area contributed by atoms with Crippen LogP contribution in [0.1, 0.15) is 51.5 Å². The van der Waals surface area contributed by atoms with Gasteiger partial charge in [-0.2, -0.15) is 13.2 Å². The molecular weight excluding hydrogens is 533 g/mol. The Kier molecular flexibility index (Phi) is 8.79. The zero-order valence-corrected chi connectivity index (χ0v) is 23.5. The summed E-state index contributed by atoms with van der Waals surface area (Å²) in [5.74, 6) is 0.469. The number of nitrogens with zero attached hydrogens (tertiary/aromatic N) is 1. The molecule has 0 bridgehead atoms. The standard InChI is InChI=1S/C32H31F3N2O2S/c1-5-31(3,4)39-27-18-12-23(19-21(27)2)20-36-29(38)28-26(17-11-22-9-7-6-8-10-22)37-30(40-28)24-13-15-25(16-14-24)32(33,34)35/h5-10,12-16,18-19H,1,11,17,20H2,2-4H3,(H,36,38). The number of benzene rings is 3. The number of alkyl halides is 3. The first-order valence-corrected chi connectivity index (χ1v) is 13.7. The predicted molar refractivity (Wildman–Crippen MR) is 154 cm³/mol. The molecule has 1 N–H and O–H groups in total. The Morgan fingerprint density at radius 1 is 1.00 bits per heavy atom. The van der Waals surface area contributed by atoms with Crippen LogP contribution < -0.4 is 10.1 Å². The van der Waals surface area contributed by atoms with Crippen LogP contribution in [0.4, 0.5) is 13.2 Å². The second kappa shape index (κ2) is 12.1. The summed E-state index contributed by atoms with van der Waals surface area (Å²) in [6, 6.07) is 20.5. The van der Waals surface area contributed by atoms with Gasteiger partial charge in [-0.3, -0.25) is 4.79 Å². The van der Waals surface area contributed by atoms with Crippen molar-refractivity contribution in [3.63, 3.8) is 0 Å². The van der Waals surface area contributed by atoms with Crippen LogP contribution in [-0.4, -0.2) is 16.5 Å². The Labute approximate surface area is 236 Å². The lowest BCUT2D eigenvalue weighted by molar-refractivity contribution is -0.137. The molecule has 0 spiro atoms. The molecule has 3 aromatic carbocycles. The van der Waals surface area contributed by atoms with Gasteiger partial charge in [0.25, 0.3) is 5.91 Å². The van der Waals surface area contributed by atoms with Crippen LogP contribution in [0, 0.1) is 6.92 Å². The summed E-state index contributed by atoms with van der Waals surface area (Å²) in [6.07, 6.45) is -1.48. The number of rotatable bonds is 10. The third-order valence-electron chi connectivity index (χ3n) is 6.41. The Morgan fingerprint density at radius 2 is 1.70 bits per heavy atom. The van der Waals surface area contributed by atoms with Gasteiger partial charge >= 0.3 is 6.18 Å². The van der Waals surface area contributed by atoms with Crippen LogP contribution in [0.2, 0.25) is 0 Å². The highest BCUT2D eigenvalue weighted by molar-refractivity contribution is 7.17. The number of hydrogen-bond acceptors (Lipinski definition) is 4. The van der Waals surface area contributed by atoms with Crippen molar-refractivity contribution in [1.82, 2.24) is 10.3 Å². The second-order valence-electron chi connectivity index (χ2n) is 10.0. The largest absolute Gasteiger partial charge is 0.484 e. The fourth-order valence-corrected chi connectivity index (χ4v) is 5.09. The monoisotopic (exact) mass is 564 g/mol. The van der Waals surface area contributed by atoms with Gasteiger partial charge in [0.15, 0.2) is 0 Å². The molecule has 1 amide bonds. The van der Waals surface area contributed by atoms with Crippen LogP contribution in [0.5, 0.6) is 5.75 Å². The molecule has 0 fully saturated rings. The summed E-state index contributed by atoms with van der Waals surface area (Å²) in [6.45, 7) is 9.91. The number of hydrogen-bond donors (Lipinski definition) is 1. The van der Waals surface area contributed by atoms with Gasteiger partial charge in [-0.05, 0) is 74.6 Å². The van der Waals surface area contributed by atoms with Gasteiger partial charge in [0.05, 0.1) is 11.3 Å². The van der Waals surface area contributed by atoms with Crippen LogP contribution in [0.25, 0.3) is 10.6 Å². The van der Waals surface area contributed by atoms with Crippen molar-refractivity contribution in [3.05, 3.63) is 118 Å². The molecule has 1 heterocycles. The lowest BCUT2D eigenvalue weighted by Gasteiger charge is -2.23. The first kappa shape index (κ1) is 29.1. The van der Waals surface area contributed by atoms with Gasteiger partial charge in [-0.15, -0.1) is 11.3 Å². The minimum atomic E-state index is -4.42. The normalized spacial score (nSPS) is 11.8. The highest BCUT2D eigenvalue weighted by atomic mass is 32.1. The average molecular weight is 565 g/mol. The van der Waals surface area contributed by atoms with Crippen molar-refractivity contribution in [3.8, 4) is 16.3 Å². The van der Waals surface area contributed by atoms with Crippen molar-refractivity contribution in [1.29, 1.82) is 0 Å². The molecule has 0 unspecified atom stereocenters. The zero-order chi connectivity index (χ0) is 28.9. The highest BCUT2D eigenvalue weighted by Crippen LogP contribution is 2.33. The topological polar surface area (TPSA) is 51.2 Å². The molecule has 0 atom stereocenters. The van der Waals surface area contributed by atoms with Gasteiger partial charge in [0.1, 0.15) is 21.2 Å². The van der Waals surface area contributed by atoms with E-state index in [1.165, 1.54) is 23.5 Å². The van der Waals surface area contributed by atoms with Gasteiger partial charge in [0.2, 0.25) is 0 Å². The molecular formula is C32H31F3N2O2S. The van der Waals surface area contributed by atoms with Crippen molar-refractivity contribution in [2.45, 2.75) is 51.9 Å². The van der Waals surface area contributed by atoms with E-state index in [0.717, 1.165) is 34.6 Å². The van der Waals surface area contributed by atoms with Gasteiger partial charge in [-0.1, -0.05) is 61.2 Å². The maximum Gasteiger partial charge on any atom is 0.416 e. The van der Waals surface area contributed by atoms with Gasteiger partial charge in [0, 0.05) is 12.1 Å². The first-order chi connectivity index (χ1) is 18.9. The number of halogens is 3. The third-order valence-corrected chi connectivity index (χ3v) is 7.56. The quantitative estimate of drug-likeness (QED) is 0.198. The van der Waals surface area contributed by atoms with E-state index < -0.39 is 17.3 Å². The summed E-state index contributed by atoms with van der Waals surface area (Å²) >= 11 is 1.18. The molecule has 4 aromatic rings. The Bertz CT molecular complexity index is 1480. The summed E-state index contributed by atoms with van der Waals surface area (Å²) in [5, 5.41) is 3.48. The van der Waals surface area contributed by atoms with Gasteiger partial charge < -0.3 is 10.1 Å². The lowest BCUT2D eigenvalue weighted by atomic mass is 10.1. The summed E-state index contributed by atoms with van der Waals surface area (Å²) in [5.41, 5.74) is 2.87. The fourth-order valence-electron chi connectivity index (χ4n) is 4.05. The minimum absolute atomic E-state index is 0.274. The molecule has 8 heteroatoms. The maximum absolute atomic E-state index is 13.3. The minimum Gasteiger partial charge on any atom is -0.484 e. The number of nitrogens with one attached hydrogen (secondary N) is 1. The molecule has 0 aliphatic heterocycles. The third kappa shape index (κ3) is 7.39. The highest BCUT2D eigenvalue weighted by Gasteiger charge is 2.30. The van der Waals surface area contributed by atoms with E-state index in [9.17, 15) is 18.0 Å². The van der Waals surface area contributed by atoms with E-state index in [-0.39, 0.29) is 5.91 Å². The summed E-state index contributed by atoms with van der Waals surface area (Å²) < 4.78 is 45.1. The van der Waals surface area contributed by atoms with Crippen molar-refractivity contribution >= 4 is 17.2 Å². The molecule has 4 nitrogen and oxygen atoms in total. The van der Waals surface area contributed by atoms with Gasteiger partial charge in [-0.25, -0.2) is 4.98 Å². The number of aromatic nitrogens is 1. The number of aryl methyl sites for hydroxylation is 3. The van der Waals surface area contributed by atoms with Crippen LogP contribution in [-0.2, 0) is 25.6 Å². The van der Waals surface area contributed by atoms with E-state index >= 15 is 0 Å². The summed E-state index contributed by atoms with van der Waals surface area (Å²) in [7, 11) is 0. The van der Waals surface area contributed by atoms with E-state index in [1.54, 1.807) is 6.08 Å². The summed E-state index contributed by atoms with van der Waals surface area (Å²) in [4.78, 5) is 18.5. The molecule has 0 saturated carbocycles. The van der Waals surface area contributed by atoms with E-state index in [4.69, 9.17) is 4.74 Å². The van der Waals surface area contributed by atoms with E-state index in [1.807, 2.05) is 69.3 Å². The molecule has 40 heavy (non-hydrogen) atoms. The molecule has 0 saturated heterocycles. The smallest absolute Gasteiger partial charge is 0.416 e. The van der Waals surface area contributed by atoms with E-state index in [2.05, 4.69) is 16.9 Å². The Balaban J connectivity index is 1.54. The molecule has 4 rings (SSSR count). The molecule has 0 aliphatic carbocycles. The number of carbonyl (C=O) groups is 1. The zero-order valence-electron chi connectivity index (χ0n) is 22.6. The number of carbonyl (C=O) groups excluding carboxylic acids is 1. The first-order valence-electron chi connectivity index (χ1n) is 12.9. The Morgan fingerprint density at radius 3 is 2.33 bits per heavy atom. The molecule has 1 aromatic heterocycles. The second-order valence-corrected chi connectivity index (χ2v) is 11.0. The van der Waals surface area contributed by atoms with Crippen molar-refractivity contribution < 1.29 is 22.7 Å². The molecule has 208 valence electrons. The number of ether oxygens (including phenoxy) is 1. The predicted octanol–water partition coefficient (Wildman–Crippen LogP) is 8.20. The lowest BCUT2D eigenvalue weighted by Crippen LogP contribution is -2.25. The van der Waals surface area contributed by atoms with Crippen molar-refractivity contribution in [2.24, 2.45) is 0 Å². The Hall–Kier alpha value is -3.91. The van der Waals surface area contributed by atoms with Crippen LogP contribution in [0.15, 0.2) is 85.5 Å². The van der Waals surface area contributed by atoms with Crippen LogP contribution >= 0.6 is 11.3 Å². The molecule has 0 aliphatic rings. The number of amides is 1. The number of thiazole rings is 1. The SMILES string of the molecule is C=CC(C)(C)Oc1ccc(CNC(=O)c2sc(-c3ccc(C(F)(F)F)cc3)nc2CCc2ccccc2)cc1C. The fraction of sp³-hybridized carbons (Fsp3) is 0.250.